The van der Waals surface area contributed by atoms with E-state index in [-0.39, 0.29) is 18.3 Å². The topological polar surface area (TPSA) is 81.7 Å². The number of hydrogen-bond acceptors (Lipinski definition) is 6. The second kappa shape index (κ2) is 13.1. The number of carbonyl (C=O) groups is 1. The quantitative estimate of drug-likeness (QED) is 0.214. The van der Waals surface area contributed by atoms with Crippen molar-refractivity contribution in [2.75, 3.05) is 27.4 Å². The first-order chi connectivity index (χ1) is 16.9. The lowest BCUT2D eigenvalue weighted by Crippen LogP contribution is -2.40. The molecule has 10 heteroatoms. The average Bonchev–Trinajstić information content (AvgIpc) is 2.88. The van der Waals surface area contributed by atoms with Crippen molar-refractivity contribution in [1.82, 2.24) is 15.6 Å². The van der Waals surface area contributed by atoms with Crippen LogP contribution in [0.5, 0.6) is 11.5 Å². The number of halogens is 2. The number of hydrogen-bond donors (Lipinski definition) is 2. The summed E-state index contributed by atoms with van der Waals surface area (Å²) in [6.07, 6.45) is 2.02. The van der Waals surface area contributed by atoms with Gasteiger partial charge in [-0.2, -0.15) is 0 Å². The zero-order chi connectivity index (χ0) is 25.2. The van der Waals surface area contributed by atoms with Gasteiger partial charge in [-0.1, -0.05) is 41.4 Å². The maximum atomic E-state index is 12.0. The van der Waals surface area contributed by atoms with Gasteiger partial charge in [0, 0.05) is 18.2 Å². The maximum Gasteiger partial charge on any atom is 0.356 e. The van der Waals surface area contributed by atoms with Crippen LogP contribution >= 0.6 is 35.4 Å². The second-order valence-electron chi connectivity index (χ2n) is 7.33. The van der Waals surface area contributed by atoms with Crippen molar-refractivity contribution in [2.45, 2.75) is 12.5 Å². The first kappa shape index (κ1) is 26.5. The van der Waals surface area contributed by atoms with E-state index in [1.54, 1.807) is 38.5 Å². The number of benzene rings is 2. The van der Waals surface area contributed by atoms with Crippen molar-refractivity contribution in [3.8, 4) is 11.5 Å². The van der Waals surface area contributed by atoms with E-state index in [9.17, 15) is 4.79 Å². The predicted molar refractivity (Wildman–Crippen MR) is 141 cm³/mol. The molecule has 0 saturated heterocycles. The molecule has 7 nitrogen and oxygen atoms in total. The Labute approximate surface area is 219 Å². The average molecular weight is 534 g/mol. The highest BCUT2D eigenvalue weighted by Crippen LogP contribution is 2.34. The molecule has 0 aliphatic carbocycles. The minimum Gasteiger partial charge on any atom is -0.497 e. The molecule has 2 N–H and O–H groups in total. The highest BCUT2D eigenvalue weighted by atomic mass is 35.5. The van der Waals surface area contributed by atoms with Crippen molar-refractivity contribution in [3.05, 3.63) is 87.7 Å². The number of esters is 1. The molecule has 0 spiro atoms. The molecule has 0 radical (unpaired) electrons. The molecular formula is C25H25Cl2N3O4S. The highest BCUT2D eigenvalue weighted by molar-refractivity contribution is 7.80. The monoisotopic (exact) mass is 533 g/mol. The fraction of sp³-hybridized carbons (Fsp3) is 0.240. The largest absolute Gasteiger partial charge is 0.497 e. The summed E-state index contributed by atoms with van der Waals surface area (Å²) in [7, 11) is 3.22. The lowest BCUT2D eigenvalue weighted by Gasteiger charge is -2.24. The summed E-state index contributed by atoms with van der Waals surface area (Å²) < 4.78 is 16.1. The first-order valence-corrected chi connectivity index (χ1v) is 11.9. The Morgan fingerprint density at radius 3 is 2.63 bits per heavy atom. The lowest BCUT2D eigenvalue weighted by atomic mass is 9.98. The normalized spacial score (nSPS) is 11.3. The fourth-order valence-electron chi connectivity index (χ4n) is 3.36. The van der Waals surface area contributed by atoms with Gasteiger partial charge >= 0.3 is 5.97 Å². The molecule has 3 rings (SSSR count). The summed E-state index contributed by atoms with van der Waals surface area (Å²) in [6, 6.07) is 15.7. The molecule has 2 aromatic carbocycles. The zero-order valence-corrected chi connectivity index (χ0v) is 21.5. The van der Waals surface area contributed by atoms with E-state index in [0.29, 0.717) is 39.6 Å². The van der Waals surface area contributed by atoms with E-state index in [1.807, 2.05) is 30.3 Å². The summed E-state index contributed by atoms with van der Waals surface area (Å²) in [5.41, 5.74) is 1.92. The van der Waals surface area contributed by atoms with Crippen LogP contribution in [0.15, 0.2) is 60.8 Å². The molecule has 0 saturated carbocycles. The maximum absolute atomic E-state index is 12.0. The van der Waals surface area contributed by atoms with Crippen molar-refractivity contribution >= 4 is 46.5 Å². The Kier molecular flexibility index (Phi) is 9.96. The van der Waals surface area contributed by atoms with Crippen LogP contribution in [-0.4, -0.2) is 43.4 Å². The first-order valence-electron chi connectivity index (χ1n) is 10.7. The molecule has 0 amide bonds. The molecule has 3 aromatic rings. The smallest absolute Gasteiger partial charge is 0.356 e. The molecule has 1 atom stereocenters. The lowest BCUT2D eigenvalue weighted by molar-refractivity contribution is 0.0506. The van der Waals surface area contributed by atoms with Crippen LogP contribution in [0.3, 0.4) is 0 Å². The van der Waals surface area contributed by atoms with E-state index < -0.39 is 5.97 Å². The fourth-order valence-corrected chi connectivity index (χ4v) is 4.05. The third-order valence-corrected chi connectivity index (χ3v) is 6.16. The molecule has 0 fully saturated rings. The van der Waals surface area contributed by atoms with Crippen LogP contribution in [0.25, 0.3) is 0 Å². The van der Waals surface area contributed by atoms with Gasteiger partial charge in [0.15, 0.2) is 5.11 Å². The van der Waals surface area contributed by atoms with E-state index in [0.717, 1.165) is 11.1 Å². The van der Waals surface area contributed by atoms with Gasteiger partial charge in [-0.15, -0.1) is 0 Å². The number of aromatic nitrogens is 1. The van der Waals surface area contributed by atoms with Gasteiger partial charge in [0.25, 0.3) is 0 Å². The van der Waals surface area contributed by atoms with Crippen LogP contribution in [0, 0.1) is 0 Å². The standard InChI is InChI=1S/C25H25Cl2N3O4S/c1-32-17-9-10-22(33-2)16(14-17)15-21(18-6-5-7-19(26)23(18)27)30-25(35)29-12-13-34-24(31)20-8-3-4-11-28-20/h3-11,14,21H,12-13,15H2,1-2H3,(H2,29,30,35). The Morgan fingerprint density at radius 1 is 1.09 bits per heavy atom. The number of methoxy groups -OCH3 is 2. The van der Waals surface area contributed by atoms with Gasteiger partial charge in [-0.25, -0.2) is 9.78 Å². The molecular weight excluding hydrogens is 509 g/mol. The minimum atomic E-state index is -0.500. The van der Waals surface area contributed by atoms with Gasteiger partial charge in [0.05, 0.1) is 36.9 Å². The summed E-state index contributed by atoms with van der Waals surface area (Å²) in [5, 5.41) is 7.57. The van der Waals surface area contributed by atoms with E-state index >= 15 is 0 Å². The Morgan fingerprint density at radius 2 is 1.91 bits per heavy atom. The van der Waals surface area contributed by atoms with Crippen molar-refractivity contribution in [3.63, 3.8) is 0 Å². The van der Waals surface area contributed by atoms with E-state index in [1.165, 1.54) is 6.20 Å². The number of carbonyl (C=O) groups excluding carboxylic acids is 1. The third-order valence-electron chi connectivity index (χ3n) is 5.07. The van der Waals surface area contributed by atoms with Crippen molar-refractivity contribution in [2.24, 2.45) is 0 Å². The number of ether oxygens (including phenoxy) is 3. The Bertz CT molecular complexity index is 1160. The van der Waals surface area contributed by atoms with Crippen molar-refractivity contribution in [1.29, 1.82) is 0 Å². The predicted octanol–water partition coefficient (Wildman–Crippen LogP) is 5.01. The number of nitrogens with one attached hydrogen (secondary N) is 2. The summed E-state index contributed by atoms with van der Waals surface area (Å²) in [4.78, 5) is 16.0. The van der Waals surface area contributed by atoms with E-state index in [4.69, 9.17) is 49.6 Å². The van der Waals surface area contributed by atoms with Crippen LogP contribution in [0.1, 0.15) is 27.7 Å². The zero-order valence-electron chi connectivity index (χ0n) is 19.2. The number of thiocarbonyl (C=S) groups is 1. The Balaban J connectivity index is 1.68. The van der Waals surface area contributed by atoms with Crippen LogP contribution in [0.2, 0.25) is 10.0 Å². The summed E-state index contributed by atoms with van der Waals surface area (Å²) in [6.45, 7) is 0.423. The van der Waals surface area contributed by atoms with Gasteiger partial charge in [-0.05, 0) is 54.2 Å². The molecule has 0 aliphatic heterocycles. The summed E-state index contributed by atoms with van der Waals surface area (Å²) >= 11 is 18.3. The molecule has 0 aliphatic rings. The second-order valence-corrected chi connectivity index (χ2v) is 8.52. The van der Waals surface area contributed by atoms with Gasteiger partial charge < -0.3 is 24.8 Å². The number of pyridine rings is 1. The SMILES string of the molecule is COc1ccc(OC)c(CC(NC(=S)NCCOC(=O)c2ccccn2)c2cccc(Cl)c2Cl)c1. The molecule has 0 bridgehead atoms. The molecule has 1 aromatic heterocycles. The van der Waals surface area contributed by atoms with Gasteiger partial charge in [-0.3, -0.25) is 0 Å². The molecule has 1 unspecified atom stereocenters. The Hall–Kier alpha value is -3.07. The number of nitrogens with zero attached hydrogens (tertiary/aromatic N) is 1. The third kappa shape index (κ3) is 7.45. The van der Waals surface area contributed by atoms with E-state index in [2.05, 4.69) is 15.6 Å². The minimum absolute atomic E-state index is 0.115. The molecule has 1 heterocycles. The molecule has 184 valence electrons. The van der Waals surface area contributed by atoms with Gasteiger partial charge in [0.1, 0.15) is 23.8 Å². The number of rotatable bonds is 10. The van der Waals surface area contributed by atoms with Gasteiger partial charge in [0.2, 0.25) is 0 Å². The van der Waals surface area contributed by atoms with Crippen LogP contribution in [-0.2, 0) is 11.2 Å². The van der Waals surface area contributed by atoms with Crippen LogP contribution in [0.4, 0.5) is 0 Å². The molecule has 35 heavy (non-hydrogen) atoms. The summed E-state index contributed by atoms with van der Waals surface area (Å²) in [5.74, 6) is 0.906. The highest BCUT2D eigenvalue weighted by Gasteiger charge is 2.20. The van der Waals surface area contributed by atoms with Crippen molar-refractivity contribution < 1.29 is 19.0 Å². The van der Waals surface area contributed by atoms with Crippen LogP contribution < -0.4 is 20.1 Å².